The predicted molar refractivity (Wildman–Crippen MR) is 134 cm³/mol. The van der Waals surface area contributed by atoms with Gasteiger partial charge in [0.05, 0.1) is 7.11 Å². The zero-order valence-corrected chi connectivity index (χ0v) is 22.0. The number of imide groups is 1. The van der Waals surface area contributed by atoms with Gasteiger partial charge < -0.3 is 4.74 Å². The van der Waals surface area contributed by atoms with Gasteiger partial charge in [0.1, 0.15) is 5.60 Å². The zero-order valence-electron chi connectivity index (χ0n) is 21.3. The van der Waals surface area contributed by atoms with E-state index in [1.165, 1.54) is 6.92 Å². The Morgan fingerprint density at radius 3 is 2.18 bits per heavy atom. The van der Waals surface area contributed by atoms with E-state index in [1.807, 2.05) is 18.2 Å². The molecule has 0 saturated heterocycles. The Labute approximate surface area is 207 Å². The number of halogens is 1. The molecule has 2 amide bonds. The monoisotopic (exact) mass is 493 g/mol. The number of hydroxylamine groups is 2. The van der Waals surface area contributed by atoms with Crippen molar-refractivity contribution in [2.45, 2.75) is 60.5 Å². The highest BCUT2D eigenvalue weighted by Gasteiger charge is 2.40. The van der Waals surface area contributed by atoms with Crippen molar-refractivity contribution in [3.05, 3.63) is 59.2 Å². The first kappa shape index (κ1) is 31.2. The van der Waals surface area contributed by atoms with Gasteiger partial charge in [-0.1, -0.05) is 73.9 Å². The molecule has 0 spiro atoms. The summed E-state index contributed by atoms with van der Waals surface area (Å²) in [7, 11) is 1.06. The first-order valence-electron chi connectivity index (χ1n) is 10.9. The van der Waals surface area contributed by atoms with E-state index < -0.39 is 35.1 Å². The van der Waals surface area contributed by atoms with Crippen LogP contribution < -0.4 is 0 Å². The molecule has 0 aromatic heterocycles. The third kappa shape index (κ3) is 11.4. The highest BCUT2D eigenvalue weighted by Crippen LogP contribution is 2.18. The normalized spacial score (nSPS) is 15.1. The van der Waals surface area contributed by atoms with Gasteiger partial charge in [-0.25, -0.2) is 4.79 Å². The summed E-state index contributed by atoms with van der Waals surface area (Å²) >= 11 is 5.49. The number of allylic oxidation sites excluding steroid dienone is 9. The number of carbonyl (C=O) groups excluding carboxylic acids is 4. The van der Waals surface area contributed by atoms with Crippen LogP contribution >= 0.6 is 11.6 Å². The van der Waals surface area contributed by atoms with Gasteiger partial charge in [0.25, 0.3) is 5.91 Å². The summed E-state index contributed by atoms with van der Waals surface area (Å²) < 4.78 is 5.13. The van der Waals surface area contributed by atoms with Crippen molar-refractivity contribution in [3.63, 3.8) is 0 Å². The summed E-state index contributed by atoms with van der Waals surface area (Å²) in [6.07, 6.45) is 11.9. The molecule has 0 aromatic rings. The van der Waals surface area contributed by atoms with Crippen molar-refractivity contribution in [2.75, 3.05) is 7.11 Å². The van der Waals surface area contributed by atoms with E-state index in [9.17, 15) is 19.2 Å². The van der Waals surface area contributed by atoms with Crippen LogP contribution in [0.4, 0.5) is 4.79 Å². The van der Waals surface area contributed by atoms with Crippen LogP contribution in [0.2, 0.25) is 0 Å². The SMILES string of the molecule is CC[C@@H](C)/C=C/C=C/C=C(C)/C=C(\C)C(=O)C(C(=O)/C=C/Cl)C(=O)N(OC)C(=O)OC(C)(C)C. The number of rotatable bonds is 11. The molecular formula is C26H36ClNO6. The van der Waals surface area contributed by atoms with Crippen molar-refractivity contribution >= 4 is 35.2 Å². The number of hydrogen-bond acceptors (Lipinski definition) is 6. The maximum Gasteiger partial charge on any atom is 0.442 e. The molecular weight excluding hydrogens is 458 g/mol. The molecule has 0 aliphatic carbocycles. The van der Waals surface area contributed by atoms with E-state index in [0.717, 1.165) is 30.7 Å². The number of hydrogen-bond donors (Lipinski definition) is 0. The highest BCUT2D eigenvalue weighted by atomic mass is 35.5. The van der Waals surface area contributed by atoms with Crippen LogP contribution in [-0.2, 0) is 24.0 Å². The largest absolute Gasteiger partial charge is 0.442 e. The number of Topliss-reactive ketones (excluding diaryl/α,β-unsaturated/α-hetero) is 1. The Morgan fingerprint density at radius 1 is 1.06 bits per heavy atom. The summed E-state index contributed by atoms with van der Waals surface area (Å²) in [6, 6.07) is 0. The van der Waals surface area contributed by atoms with Crippen molar-refractivity contribution in [3.8, 4) is 0 Å². The Balaban J connectivity index is 5.88. The number of nitrogens with zero attached hydrogens (tertiary/aromatic N) is 1. The van der Waals surface area contributed by atoms with Crippen molar-refractivity contribution in [2.24, 2.45) is 11.8 Å². The summed E-state index contributed by atoms with van der Waals surface area (Å²) in [4.78, 5) is 55.8. The van der Waals surface area contributed by atoms with Crippen molar-refractivity contribution in [1.82, 2.24) is 5.06 Å². The quantitative estimate of drug-likeness (QED) is 0.155. The second-order valence-electron chi connectivity index (χ2n) is 8.68. The number of ketones is 2. The topological polar surface area (TPSA) is 90.0 Å². The second kappa shape index (κ2) is 15.2. The van der Waals surface area contributed by atoms with E-state index in [1.54, 1.807) is 39.8 Å². The fraction of sp³-hybridized carbons (Fsp3) is 0.462. The van der Waals surface area contributed by atoms with E-state index in [4.69, 9.17) is 21.2 Å². The molecule has 188 valence electrons. The maximum absolute atomic E-state index is 13.1. The molecule has 0 saturated carbocycles. The average Bonchev–Trinajstić information content (AvgIpc) is 2.72. The van der Waals surface area contributed by atoms with E-state index >= 15 is 0 Å². The third-order valence-corrected chi connectivity index (χ3v) is 4.59. The summed E-state index contributed by atoms with van der Waals surface area (Å²) in [5.74, 6) is -4.23. The minimum atomic E-state index is -1.86. The van der Waals surface area contributed by atoms with Crippen molar-refractivity contribution < 1.29 is 28.8 Å². The van der Waals surface area contributed by atoms with Crippen LogP contribution in [0.5, 0.6) is 0 Å². The molecule has 0 aromatic carbocycles. The van der Waals surface area contributed by atoms with Crippen LogP contribution in [0, 0.1) is 11.8 Å². The average molecular weight is 494 g/mol. The van der Waals surface area contributed by atoms with Gasteiger partial charge in [0, 0.05) is 5.54 Å². The number of carbonyl (C=O) groups is 4. The van der Waals surface area contributed by atoms with Gasteiger partial charge in [-0.3, -0.25) is 19.2 Å². The summed E-state index contributed by atoms with van der Waals surface area (Å²) in [5, 5.41) is 0.260. The zero-order chi connectivity index (χ0) is 26.5. The third-order valence-electron chi connectivity index (χ3n) is 4.46. The lowest BCUT2D eigenvalue weighted by Crippen LogP contribution is -2.47. The Hall–Kier alpha value is -2.77. The lowest BCUT2D eigenvalue weighted by Gasteiger charge is -2.26. The smallest absolute Gasteiger partial charge is 0.442 e. The van der Waals surface area contributed by atoms with Crippen LogP contribution in [0.25, 0.3) is 0 Å². The van der Waals surface area contributed by atoms with E-state index in [-0.39, 0.29) is 10.6 Å². The predicted octanol–water partition coefficient (Wildman–Crippen LogP) is 5.87. The van der Waals surface area contributed by atoms with Crippen LogP contribution in [-0.4, -0.2) is 41.3 Å². The van der Waals surface area contributed by atoms with Crippen LogP contribution in [0.3, 0.4) is 0 Å². The van der Waals surface area contributed by atoms with Crippen molar-refractivity contribution in [1.29, 1.82) is 0 Å². The molecule has 0 aliphatic rings. The molecule has 0 N–H and O–H groups in total. The Morgan fingerprint density at radius 2 is 1.68 bits per heavy atom. The lowest BCUT2D eigenvalue weighted by molar-refractivity contribution is -0.174. The molecule has 8 heteroatoms. The highest BCUT2D eigenvalue weighted by molar-refractivity contribution is 6.31. The maximum atomic E-state index is 13.1. The van der Waals surface area contributed by atoms with Gasteiger partial charge in [0.2, 0.25) is 0 Å². The van der Waals surface area contributed by atoms with Gasteiger partial charge in [-0.15, -0.1) is 5.06 Å². The molecule has 0 heterocycles. The molecule has 0 aliphatic heterocycles. The van der Waals surface area contributed by atoms with Gasteiger partial charge in [-0.2, -0.15) is 0 Å². The Kier molecular flexibility index (Phi) is 14.0. The summed E-state index contributed by atoms with van der Waals surface area (Å²) in [6.45, 7) is 12.3. The Bertz CT molecular complexity index is 889. The molecule has 0 fully saturated rings. The number of ether oxygens (including phenoxy) is 1. The van der Waals surface area contributed by atoms with Gasteiger partial charge >= 0.3 is 6.09 Å². The van der Waals surface area contributed by atoms with Gasteiger partial charge in [0.15, 0.2) is 17.5 Å². The fourth-order valence-electron chi connectivity index (χ4n) is 2.55. The molecule has 2 atom stereocenters. The summed E-state index contributed by atoms with van der Waals surface area (Å²) in [5.41, 5.74) is 0.832. The van der Waals surface area contributed by atoms with Gasteiger partial charge in [-0.05, 0) is 52.2 Å². The molecule has 0 rings (SSSR count). The standard InChI is InChI=1S/C26H36ClNO6/c1-9-18(2)13-11-10-12-14-19(3)17-20(4)23(30)22(21(29)15-16-27)24(31)28(33-8)25(32)34-26(5,6)7/h10-18,22H,9H2,1-8H3/b12-10+,13-11+,16-15+,19-14+,20-17+/t18-,22?/m1/s1. The lowest BCUT2D eigenvalue weighted by atomic mass is 9.92. The minimum Gasteiger partial charge on any atom is -0.442 e. The number of amides is 2. The first-order chi connectivity index (χ1) is 15.8. The fourth-order valence-corrected chi connectivity index (χ4v) is 2.67. The minimum absolute atomic E-state index is 0.146. The molecule has 0 bridgehead atoms. The second-order valence-corrected chi connectivity index (χ2v) is 8.93. The molecule has 34 heavy (non-hydrogen) atoms. The first-order valence-corrected chi connectivity index (χ1v) is 11.4. The van der Waals surface area contributed by atoms with E-state index in [2.05, 4.69) is 19.9 Å². The molecule has 1 unspecified atom stereocenters. The molecule has 0 radical (unpaired) electrons. The van der Waals surface area contributed by atoms with Crippen LogP contribution in [0.15, 0.2) is 59.2 Å². The van der Waals surface area contributed by atoms with E-state index in [0.29, 0.717) is 5.92 Å². The van der Waals surface area contributed by atoms with Crippen LogP contribution in [0.1, 0.15) is 54.9 Å². The molecule has 7 nitrogen and oxygen atoms in total.